The summed E-state index contributed by atoms with van der Waals surface area (Å²) in [5.41, 5.74) is 5.37. The number of benzene rings is 1. The van der Waals surface area contributed by atoms with Crippen LogP contribution in [-0.2, 0) is 11.8 Å². The largest absolute Gasteiger partial charge is 0.453 e. The molecule has 0 saturated heterocycles. The van der Waals surface area contributed by atoms with Crippen LogP contribution in [0.1, 0.15) is 43.1 Å². The number of Topliss-reactive ketones (excluding diaryl/α,β-unsaturated/α-hetero) is 1. The smallest absolute Gasteiger partial charge is 0.355 e. The fraction of sp³-hybridized carbons (Fsp3) is 0.333. The van der Waals surface area contributed by atoms with E-state index in [0.29, 0.717) is 11.3 Å². The van der Waals surface area contributed by atoms with E-state index in [1.54, 1.807) is 29.9 Å². The van der Waals surface area contributed by atoms with E-state index in [4.69, 9.17) is 4.74 Å². The molecule has 0 saturated carbocycles. The zero-order valence-electron chi connectivity index (χ0n) is 13.7. The summed E-state index contributed by atoms with van der Waals surface area (Å²) < 4.78 is 6.80. The van der Waals surface area contributed by atoms with Crippen LogP contribution < -0.4 is 0 Å². The predicted molar refractivity (Wildman–Crippen MR) is 85.4 cm³/mol. The van der Waals surface area contributed by atoms with Crippen LogP contribution in [0.4, 0.5) is 0 Å². The SMILES string of the molecule is Cc1cc(C(=O)COC(=O)c2cccn2C)c(C)c(C)c1C. The summed E-state index contributed by atoms with van der Waals surface area (Å²) in [5.74, 6) is -0.662. The van der Waals surface area contributed by atoms with Gasteiger partial charge in [0.25, 0.3) is 0 Å². The van der Waals surface area contributed by atoms with E-state index in [0.717, 1.165) is 16.7 Å². The molecule has 116 valence electrons. The first-order chi connectivity index (χ1) is 10.3. The lowest BCUT2D eigenvalue weighted by atomic mass is 9.93. The highest BCUT2D eigenvalue weighted by Gasteiger charge is 2.17. The number of nitrogens with zero attached hydrogens (tertiary/aromatic N) is 1. The molecule has 0 amide bonds. The van der Waals surface area contributed by atoms with E-state index in [1.807, 2.05) is 33.8 Å². The molecule has 4 nitrogen and oxygen atoms in total. The molecular weight excluding hydrogens is 278 g/mol. The first-order valence-electron chi connectivity index (χ1n) is 7.22. The van der Waals surface area contributed by atoms with E-state index in [1.165, 1.54) is 5.56 Å². The number of rotatable bonds is 4. The Morgan fingerprint density at radius 3 is 2.36 bits per heavy atom. The molecule has 0 aliphatic carbocycles. The number of hydrogen-bond acceptors (Lipinski definition) is 3. The lowest BCUT2D eigenvalue weighted by Gasteiger charge is -2.13. The maximum atomic E-state index is 12.4. The normalized spacial score (nSPS) is 10.6. The first-order valence-corrected chi connectivity index (χ1v) is 7.22. The molecule has 0 aliphatic heterocycles. The minimum atomic E-state index is -0.487. The summed E-state index contributed by atoms with van der Waals surface area (Å²) >= 11 is 0. The highest BCUT2D eigenvalue weighted by atomic mass is 16.5. The Morgan fingerprint density at radius 2 is 1.77 bits per heavy atom. The third-order valence-corrected chi connectivity index (χ3v) is 4.27. The highest BCUT2D eigenvalue weighted by Crippen LogP contribution is 2.21. The fourth-order valence-corrected chi connectivity index (χ4v) is 2.46. The number of carbonyl (C=O) groups excluding carboxylic acids is 2. The monoisotopic (exact) mass is 299 g/mol. The van der Waals surface area contributed by atoms with Gasteiger partial charge < -0.3 is 9.30 Å². The van der Waals surface area contributed by atoms with E-state index < -0.39 is 5.97 Å². The number of ketones is 1. The van der Waals surface area contributed by atoms with Crippen molar-refractivity contribution in [2.45, 2.75) is 27.7 Å². The Morgan fingerprint density at radius 1 is 1.09 bits per heavy atom. The summed E-state index contributed by atoms with van der Waals surface area (Å²) in [6.07, 6.45) is 1.76. The second-order valence-electron chi connectivity index (χ2n) is 5.62. The van der Waals surface area contributed by atoms with Gasteiger partial charge in [0.05, 0.1) is 0 Å². The van der Waals surface area contributed by atoms with Gasteiger partial charge in [0.1, 0.15) is 5.69 Å². The molecular formula is C18H21NO3. The van der Waals surface area contributed by atoms with Gasteiger partial charge in [-0.25, -0.2) is 4.79 Å². The molecule has 2 aromatic rings. The molecule has 0 bridgehead atoms. The van der Waals surface area contributed by atoms with Crippen LogP contribution in [-0.4, -0.2) is 22.9 Å². The maximum absolute atomic E-state index is 12.4. The molecule has 2 rings (SSSR count). The molecule has 1 heterocycles. The van der Waals surface area contributed by atoms with Crippen LogP contribution in [0.25, 0.3) is 0 Å². The predicted octanol–water partition coefficient (Wildman–Crippen LogP) is 3.30. The van der Waals surface area contributed by atoms with Crippen LogP contribution in [0.15, 0.2) is 24.4 Å². The third kappa shape index (κ3) is 2.96. The minimum absolute atomic E-state index is 0.175. The van der Waals surface area contributed by atoms with Gasteiger partial charge in [-0.1, -0.05) is 0 Å². The average Bonchev–Trinajstić information content (AvgIpc) is 2.92. The van der Waals surface area contributed by atoms with Gasteiger partial charge in [-0.05, 0) is 68.1 Å². The molecule has 1 aromatic heterocycles. The highest BCUT2D eigenvalue weighted by molar-refractivity contribution is 6.00. The molecule has 22 heavy (non-hydrogen) atoms. The minimum Gasteiger partial charge on any atom is -0.453 e. The van der Waals surface area contributed by atoms with Crippen molar-refractivity contribution < 1.29 is 14.3 Å². The van der Waals surface area contributed by atoms with Crippen molar-refractivity contribution >= 4 is 11.8 Å². The summed E-state index contributed by atoms with van der Waals surface area (Å²) in [7, 11) is 1.76. The van der Waals surface area contributed by atoms with Gasteiger partial charge >= 0.3 is 5.97 Å². The summed E-state index contributed by atoms with van der Waals surface area (Å²) in [4.78, 5) is 24.3. The number of carbonyl (C=O) groups is 2. The Hall–Kier alpha value is -2.36. The molecule has 0 atom stereocenters. The van der Waals surface area contributed by atoms with Crippen LogP contribution in [0.5, 0.6) is 0 Å². The lowest BCUT2D eigenvalue weighted by Crippen LogP contribution is -2.17. The van der Waals surface area contributed by atoms with Gasteiger partial charge in [-0.15, -0.1) is 0 Å². The van der Waals surface area contributed by atoms with E-state index >= 15 is 0 Å². The topological polar surface area (TPSA) is 48.3 Å². The Balaban J connectivity index is 2.14. The second kappa shape index (κ2) is 6.18. The van der Waals surface area contributed by atoms with Crippen LogP contribution in [0, 0.1) is 27.7 Å². The lowest BCUT2D eigenvalue weighted by molar-refractivity contribution is 0.0465. The number of aryl methyl sites for hydroxylation is 2. The number of esters is 1. The molecule has 0 spiro atoms. The zero-order valence-corrected chi connectivity index (χ0v) is 13.7. The average molecular weight is 299 g/mol. The maximum Gasteiger partial charge on any atom is 0.355 e. The van der Waals surface area contributed by atoms with Crippen molar-refractivity contribution in [3.8, 4) is 0 Å². The molecule has 1 aromatic carbocycles. The van der Waals surface area contributed by atoms with Gasteiger partial charge in [0.15, 0.2) is 6.61 Å². The fourth-order valence-electron chi connectivity index (χ4n) is 2.46. The number of hydrogen-bond donors (Lipinski definition) is 0. The van der Waals surface area contributed by atoms with E-state index in [-0.39, 0.29) is 12.4 Å². The summed E-state index contributed by atoms with van der Waals surface area (Å²) in [6.45, 7) is 7.71. The van der Waals surface area contributed by atoms with Crippen molar-refractivity contribution in [3.63, 3.8) is 0 Å². The van der Waals surface area contributed by atoms with Gasteiger partial charge in [0.2, 0.25) is 5.78 Å². The first kappa shape index (κ1) is 16.0. The van der Waals surface area contributed by atoms with Crippen molar-refractivity contribution in [2.24, 2.45) is 7.05 Å². The van der Waals surface area contributed by atoms with E-state index in [9.17, 15) is 9.59 Å². The van der Waals surface area contributed by atoms with Crippen LogP contribution >= 0.6 is 0 Å². The Bertz CT molecular complexity index is 741. The third-order valence-electron chi connectivity index (χ3n) is 4.27. The zero-order chi connectivity index (χ0) is 16.4. The molecule has 0 radical (unpaired) electrons. The van der Waals surface area contributed by atoms with Crippen LogP contribution in [0.3, 0.4) is 0 Å². The number of aromatic nitrogens is 1. The standard InChI is InChI=1S/C18H21NO3/c1-11-9-15(14(4)13(3)12(11)2)17(20)10-22-18(21)16-7-6-8-19(16)5/h6-9H,10H2,1-5H3. The molecule has 0 N–H and O–H groups in total. The summed E-state index contributed by atoms with van der Waals surface area (Å²) in [5, 5.41) is 0. The molecule has 0 aliphatic rings. The van der Waals surface area contributed by atoms with Gasteiger partial charge in [-0.2, -0.15) is 0 Å². The van der Waals surface area contributed by atoms with Crippen molar-refractivity contribution in [2.75, 3.05) is 6.61 Å². The summed E-state index contributed by atoms with van der Waals surface area (Å²) in [6, 6.07) is 5.30. The van der Waals surface area contributed by atoms with Crippen molar-refractivity contribution in [1.82, 2.24) is 4.57 Å². The van der Waals surface area contributed by atoms with Crippen molar-refractivity contribution in [1.29, 1.82) is 0 Å². The van der Waals surface area contributed by atoms with Crippen molar-refractivity contribution in [3.05, 3.63) is 57.9 Å². The molecule has 4 heteroatoms. The second-order valence-corrected chi connectivity index (χ2v) is 5.62. The van der Waals surface area contributed by atoms with E-state index in [2.05, 4.69) is 0 Å². The molecule has 0 fully saturated rings. The molecule has 0 unspecified atom stereocenters. The Labute approximate surface area is 130 Å². The van der Waals surface area contributed by atoms with Gasteiger partial charge in [-0.3, -0.25) is 4.79 Å². The van der Waals surface area contributed by atoms with Gasteiger partial charge in [0, 0.05) is 18.8 Å². The van der Waals surface area contributed by atoms with Crippen LogP contribution in [0.2, 0.25) is 0 Å². The Kier molecular flexibility index (Phi) is 4.50. The number of ether oxygens (including phenoxy) is 1. The quantitative estimate of drug-likeness (QED) is 0.643.